The Labute approximate surface area is 117 Å². The molecule has 0 spiro atoms. The van der Waals surface area contributed by atoms with Crippen molar-refractivity contribution >= 4 is 23.5 Å². The van der Waals surface area contributed by atoms with Crippen LogP contribution in [0.4, 0.5) is 0 Å². The van der Waals surface area contributed by atoms with Crippen molar-refractivity contribution in [1.29, 1.82) is 0 Å². The number of carbonyl (C=O) groups excluding carboxylic acids is 1. The summed E-state index contributed by atoms with van der Waals surface area (Å²) in [5.74, 6) is -1.25. The van der Waals surface area contributed by atoms with Crippen LogP contribution in [0.2, 0.25) is 5.15 Å². The second-order valence-electron chi connectivity index (χ2n) is 4.34. The molecule has 1 amide bonds. The minimum Gasteiger partial charge on any atom is -0.481 e. The quantitative estimate of drug-likeness (QED) is 0.786. The van der Waals surface area contributed by atoms with Crippen molar-refractivity contribution in [3.63, 3.8) is 0 Å². The zero-order chi connectivity index (χ0) is 14.5. The van der Waals surface area contributed by atoms with Gasteiger partial charge in [0.25, 0.3) is 5.91 Å². The molecule has 0 aromatic carbocycles. The number of pyridine rings is 1. The third-order valence-corrected chi connectivity index (χ3v) is 3.59. The summed E-state index contributed by atoms with van der Waals surface area (Å²) in [6.45, 7) is 3.69. The second-order valence-corrected chi connectivity index (χ2v) is 4.73. The van der Waals surface area contributed by atoms with Gasteiger partial charge in [0.05, 0.1) is 5.41 Å². The SMILES string of the molecule is CCC(CC)(CNC(=O)c1ccnc(Cl)c1)C(=O)O. The summed E-state index contributed by atoms with van der Waals surface area (Å²) in [6, 6.07) is 2.97. The largest absolute Gasteiger partial charge is 0.481 e. The molecule has 0 atom stereocenters. The Morgan fingerprint density at radius 1 is 1.42 bits per heavy atom. The Balaban J connectivity index is 2.75. The van der Waals surface area contributed by atoms with Crippen molar-refractivity contribution in [3.05, 3.63) is 29.0 Å². The highest BCUT2D eigenvalue weighted by molar-refractivity contribution is 6.29. The highest BCUT2D eigenvalue weighted by Gasteiger charge is 2.35. The Hall–Kier alpha value is -1.62. The molecular formula is C13H17ClN2O3. The highest BCUT2D eigenvalue weighted by atomic mass is 35.5. The lowest BCUT2D eigenvalue weighted by Crippen LogP contribution is -2.42. The zero-order valence-electron chi connectivity index (χ0n) is 10.9. The first-order valence-electron chi connectivity index (χ1n) is 6.08. The van der Waals surface area contributed by atoms with Crippen LogP contribution in [-0.4, -0.2) is 28.5 Å². The number of nitrogens with zero attached hydrogens (tertiary/aromatic N) is 1. The summed E-state index contributed by atoms with van der Waals surface area (Å²) in [6.07, 6.45) is 2.34. The van der Waals surface area contributed by atoms with Gasteiger partial charge in [-0.1, -0.05) is 25.4 Å². The lowest BCUT2D eigenvalue weighted by atomic mass is 9.82. The average molecular weight is 285 g/mol. The number of carboxylic acids is 1. The predicted molar refractivity (Wildman–Crippen MR) is 72.2 cm³/mol. The molecule has 1 heterocycles. The monoisotopic (exact) mass is 284 g/mol. The minimum absolute atomic E-state index is 0.0914. The number of aromatic nitrogens is 1. The molecule has 0 aliphatic heterocycles. The van der Waals surface area contributed by atoms with E-state index in [9.17, 15) is 14.7 Å². The van der Waals surface area contributed by atoms with Gasteiger partial charge in [0.2, 0.25) is 0 Å². The molecule has 2 N–H and O–H groups in total. The fourth-order valence-corrected chi connectivity index (χ4v) is 1.95. The van der Waals surface area contributed by atoms with Crippen LogP contribution in [0.3, 0.4) is 0 Å². The van der Waals surface area contributed by atoms with Crippen LogP contribution in [-0.2, 0) is 4.79 Å². The van der Waals surface area contributed by atoms with Crippen molar-refractivity contribution < 1.29 is 14.7 Å². The minimum atomic E-state index is -0.924. The van der Waals surface area contributed by atoms with E-state index < -0.39 is 11.4 Å². The summed E-state index contributed by atoms with van der Waals surface area (Å²) in [5, 5.41) is 12.1. The number of halogens is 1. The first kappa shape index (κ1) is 15.4. The van der Waals surface area contributed by atoms with Crippen LogP contribution < -0.4 is 5.32 Å². The Morgan fingerprint density at radius 2 is 2.05 bits per heavy atom. The van der Waals surface area contributed by atoms with E-state index in [1.54, 1.807) is 13.8 Å². The van der Waals surface area contributed by atoms with Gasteiger partial charge in [-0.2, -0.15) is 0 Å². The summed E-state index contributed by atoms with van der Waals surface area (Å²) < 4.78 is 0. The van der Waals surface area contributed by atoms with Gasteiger partial charge in [0.15, 0.2) is 0 Å². The summed E-state index contributed by atoms with van der Waals surface area (Å²) in [5.41, 5.74) is -0.557. The summed E-state index contributed by atoms with van der Waals surface area (Å²) in [4.78, 5) is 27.0. The molecular weight excluding hydrogens is 268 g/mol. The molecule has 0 unspecified atom stereocenters. The van der Waals surface area contributed by atoms with Gasteiger partial charge in [-0.15, -0.1) is 0 Å². The van der Waals surface area contributed by atoms with Crippen LogP contribution in [0.15, 0.2) is 18.3 Å². The third-order valence-electron chi connectivity index (χ3n) is 3.38. The fourth-order valence-electron chi connectivity index (χ4n) is 1.77. The number of carboxylic acid groups (broad SMARTS) is 1. The van der Waals surface area contributed by atoms with Gasteiger partial charge >= 0.3 is 5.97 Å². The maximum atomic E-state index is 11.9. The highest BCUT2D eigenvalue weighted by Crippen LogP contribution is 2.25. The van der Waals surface area contributed by atoms with Crippen molar-refractivity contribution in [3.8, 4) is 0 Å². The maximum Gasteiger partial charge on any atom is 0.311 e. The van der Waals surface area contributed by atoms with Gasteiger partial charge in [0, 0.05) is 18.3 Å². The molecule has 1 rings (SSSR count). The van der Waals surface area contributed by atoms with Crippen molar-refractivity contribution in [2.24, 2.45) is 5.41 Å². The van der Waals surface area contributed by atoms with E-state index in [2.05, 4.69) is 10.3 Å². The molecule has 0 aliphatic rings. The van der Waals surface area contributed by atoms with Gasteiger partial charge in [0.1, 0.15) is 5.15 Å². The smallest absolute Gasteiger partial charge is 0.311 e. The van der Waals surface area contributed by atoms with E-state index in [0.29, 0.717) is 18.4 Å². The lowest BCUT2D eigenvalue weighted by molar-refractivity contribution is -0.149. The van der Waals surface area contributed by atoms with Crippen LogP contribution in [0.5, 0.6) is 0 Å². The Bertz CT molecular complexity index is 473. The third kappa shape index (κ3) is 3.67. The molecule has 0 bridgehead atoms. The molecule has 0 aliphatic carbocycles. The fraction of sp³-hybridized carbons (Fsp3) is 0.462. The molecule has 6 heteroatoms. The second kappa shape index (κ2) is 6.52. The maximum absolute atomic E-state index is 11.9. The topological polar surface area (TPSA) is 79.3 Å². The molecule has 19 heavy (non-hydrogen) atoms. The number of carbonyl (C=O) groups is 2. The zero-order valence-corrected chi connectivity index (χ0v) is 11.7. The number of hydrogen-bond acceptors (Lipinski definition) is 3. The van der Waals surface area contributed by atoms with Crippen molar-refractivity contribution in [2.75, 3.05) is 6.54 Å². The van der Waals surface area contributed by atoms with Crippen molar-refractivity contribution in [1.82, 2.24) is 10.3 Å². The number of rotatable bonds is 6. The van der Waals surface area contributed by atoms with E-state index in [1.165, 1.54) is 18.3 Å². The van der Waals surface area contributed by atoms with E-state index in [1.807, 2.05) is 0 Å². The molecule has 1 aromatic heterocycles. The molecule has 0 fully saturated rings. The van der Waals surface area contributed by atoms with E-state index in [4.69, 9.17) is 11.6 Å². The number of nitrogens with one attached hydrogen (secondary N) is 1. The molecule has 104 valence electrons. The average Bonchev–Trinajstić information content (AvgIpc) is 2.40. The standard InChI is InChI=1S/C13H17ClN2O3/c1-3-13(4-2,12(18)19)8-16-11(17)9-5-6-15-10(14)7-9/h5-7H,3-4,8H2,1-2H3,(H,16,17)(H,18,19). The number of aliphatic carboxylic acids is 1. The van der Waals surface area contributed by atoms with Crippen LogP contribution in [0, 0.1) is 5.41 Å². The number of amides is 1. The Kier molecular flexibility index (Phi) is 5.30. The number of hydrogen-bond donors (Lipinski definition) is 2. The normalized spacial score (nSPS) is 11.1. The van der Waals surface area contributed by atoms with E-state index >= 15 is 0 Å². The van der Waals surface area contributed by atoms with E-state index in [-0.39, 0.29) is 17.6 Å². The first-order valence-corrected chi connectivity index (χ1v) is 6.46. The molecule has 1 aromatic rings. The summed E-state index contributed by atoms with van der Waals surface area (Å²) in [7, 11) is 0. The van der Waals surface area contributed by atoms with Gasteiger partial charge < -0.3 is 10.4 Å². The summed E-state index contributed by atoms with van der Waals surface area (Å²) >= 11 is 5.70. The predicted octanol–water partition coefficient (Wildman–Crippen LogP) is 2.36. The van der Waals surface area contributed by atoms with Gasteiger partial charge in [-0.05, 0) is 25.0 Å². The molecule has 0 radical (unpaired) electrons. The van der Waals surface area contributed by atoms with Crippen LogP contribution >= 0.6 is 11.6 Å². The van der Waals surface area contributed by atoms with Crippen LogP contribution in [0.25, 0.3) is 0 Å². The first-order chi connectivity index (χ1) is 8.95. The van der Waals surface area contributed by atoms with Gasteiger partial charge in [-0.25, -0.2) is 4.98 Å². The molecule has 5 nitrogen and oxygen atoms in total. The lowest BCUT2D eigenvalue weighted by Gasteiger charge is -2.26. The van der Waals surface area contributed by atoms with E-state index in [0.717, 1.165) is 0 Å². The van der Waals surface area contributed by atoms with Crippen LogP contribution in [0.1, 0.15) is 37.0 Å². The molecule has 0 saturated heterocycles. The Morgan fingerprint density at radius 3 is 2.53 bits per heavy atom. The van der Waals surface area contributed by atoms with Gasteiger partial charge in [-0.3, -0.25) is 9.59 Å². The molecule has 0 saturated carbocycles. The van der Waals surface area contributed by atoms with Crippen molar-refractivity contribution in [2.45, 2.75) is 26.7 Å².